The molecular weight excluding hydrogens is 334 g/mol. The second kappa shape index (κ2) is 6.37. The van der Waals surface area contributed by atoms with Crippen LogP contribution in [-0.2, 0) is 0 Å². The molecule has 0 unspecified atom stereocenters. The molecule has 25 heavy (non-hydrogen) atoms. The van der Waals surface area contributed by atoms with Crippen LogP contribution in [0.4, 0.5) is 5.82 Å². The monoisotopic (exact) mass is 347 g/mol. The van der Waals surface area contributed by atoms with Gasteiger partial charge in [-0.05, 0) is 29.8 Å². The Morgan fingerprint density at radius 3 is 2.40 bits per heavy atom. The van der Waals surface area contributed by atoms with Crippen molar-refractivity contribution in [3.8, 4) is 28.1 Å². The largest absolute Gasteiger partial charge is 0.383 e. The number of hydrogen-bond acceptors (Lipinski definition) is 4. The Kier molecular flexibility index (Phi) is 3.91. The summed E-state index contributed by atoms with van der Waals surface area (Å²) in [6, 6.07) is 17.3. The van der Waals surface area contributed by atoms with Crippen molar-refractivity contribution in [1.82, 2.24) is 19.7 Å². The third-order valence-electron chi connectivity index (χ3n) is 3.89. The first kappa shape index (κ1) is 15.4. The van der Waals surface area contributed by atoms with Gasteiger partial charge in [0.15, 0.2) is 0 Å². The molecule has 0 saturated heterocycles. The fourth-order valence-electron chi connectivity index (χ4n) is 2.69. The smallest absolute Gasteiger partial charge is 0.135 e. The van der Waals surface area contributed by atoms with Crippen LogP contribution in [0.25, 0.3) is 28.1 Å². The summed E-state index contributed by atoms with van der Waals surface area (Å²) in [5.41, 5.74) is 10.4. The average molecular weight is 348 g/mol. The van der Waals surface area contributed by atoms with E-state index < -0.39 is 0 Å². The van der Waals surface area contributed by atoms with Crippen LogP contribution in [0.5, 0.6) is 0 Å². The number of para-hydroxylation sites is 1. The molecule has 0 saturated carbocycles. The van der Waals surface area contributed by atoms with Crippen molar-refractivity contribution >= 4 is 17.4 Å². The highest BCUT2D eigenvalue weighted by molar-refractivity contribution is 6.30. The summed E-state index contributed by atoms with van der Waals surface area (Å²) >= 11 is 5.99. The lowest BCUT2D eigenvalue weighted by Gasteiger charge is -2.09. The van der Waals surface area contributed by atoms with Gasteiger partial charge in [-0.1, -0.05) is 41.9 Å². The minimum absolute atomic E-state index is 0.416. The maximum absolute atomic E-state index is 6.14. The van der Waals surface area contributed by atoms with E-state index in [9.17, 15) is 0 Å². The van der Waals surface area contributed by atoms with E-state index in [-0.39, 0.29) is 0 Å². The van der Waals surface area contributed by atoms with Gasteiger partial charge in [-0.25, -0.2) is 14.6 Å². The Morgan fingerprint density at radius 2 is 1.64 bits per heavy atom. The van der Waals surface area contributed by atoms with Crippen LogP contribution in [0.3, 0.4) is 0 Å². The average Bonchev–Trinajstić information content (AvgIpc) is 3.13. The minimum atomic E-state index is 0.416. The van der Waals surface area contributed by atoms with E-state index in [0.717, 1.165) is 28.1 Å². The third-order valence-corrected chi connectivity index (χ3v) is 4.14. The van der Waals surface area contributed by atoms with Crippen molar-refractivity contribution in [3.63, 3.8) is 0 Å². The van der Waals surface area contributed by atoms with Gasteiger partial charge in [0.1, 0.15) is 12.1 Å². The minimum Gasteiger partial charge on any atom is -0.383 e. The Balaban J connectivity index is 1.83. The summed E-state index contributed by atoms with van der Waals surface area (Å²) in [6.45, 7) is 0. The van der Waals surface area contributed by atoms with Crippen molar-refractivity contribution in [1.29, 1.82) is 0 Å². The number of benzene rings is 2. The molecule has 2 N–H and O–H groups in total. The van der Waals surface area contributed by atoms with E-state index in [1.807, 2.05) is 60.8 Å². The van der Waals surface area contributed by atoms with Crippen LogP contribution in [0.1, 0.15) is 0 Å². The second-order valence-corrected chi connectivity index (χ2v) is 5.93. The van der Waals surface area contributed by atoms with Crippen LogP contribution >= 0.6 is 11.6 Å². The summed E-state index contributed by atoms with van der Waals surface area (Å²) in [6.07, 6.45) is 5.16. The Hall–Kier alpha value is -3.18. The van der Waals surface area contributed by atoms with E-state index in [1.165, 1.54) is 6.33 Å². The quantitative estimate of drug-likeness (QED) is 0.602. The molecule has 4 aromatic rings. The number of aromatic nitrogens is 4. The van der Waals surface area contributed by atoms with Gasteiger partial charge in [0.05, 0.1) is 23.1 Å². The van der Waals surface area contributed by atoms with Crippen molar-refractivity contribution in [2.45, 2.75) is 0 Å². The fourth-order valence-corrected chi connectivity index (χ4v) is 2.81. The lowest BCUT2D eigenvalue weighted by atomic mass is 10.0. The molecule has 0 fully saturated rings. The van der Waals surface area contributed by atoms with Crippen LogP contribution in [-0.4, -0.2) is 19.7 Å². The first-order valence-corrected chi connectivity index (χ1v) is 8.07. The SMILES string of the molecule is Nc1ncnc(-c2cnn(-c3ccccc3)c2)c1-c1ccc(Cl)cc1. The van der Waals surface area contributed by atoms with Gasteiger partial charge in [-0.2, -0.15) is 5.10 Å². The summed E-state index contributed by atoms with van der Waals surface area (Å²) in [7, 11) is 0. The first-order chi connectivity index (χ1) is 12.2. The number of nitrogen functional groups attached to an aromatic ring is 1. The topological polar surface area (TPSA) is 69.6 Å². The maximum atomic E-state index is 6.14. The molecule has 4 rings (SSSR count). The predicted molar refractivity (Wildman–Crippen MR) is 99.4 cm³/mol. The van der Waals surface area contributed by atoms with E-state index in [1.54, 1.807) is 10.9 Å². The number of rotatable bonds is 3. The summed E-state index contributed by atoms with van der Waals surface area (Å²) in [4.78, 5) is 8.57. The van der Waals surface area contributed by atoms with Crippen molar-refractivity contribution in [2.24, 2.45) is 0 Å². The molecule has 0 spiro atoms. The van der Waals surface area contributed by atoms with Gasteiger partial charge in [0.2, 0.25) is 0 Å². The summed E-state index contributed by atoms with van der Waals surface area (Å²) in [5, 5.41) is 5.10. The third kappa shape index (κ3) is 2.97. The van der Waals surface area contributed by atoms with Gasteiger partial charge in [-0.15, -0.1) is 0 Å². The van der Waals surface area contributed by atoms with Crippen LogP contribution in [0, 0.1) is 0 Å². The molecule has 2 aromatic heterocycles. The lowest BCUT2D eigenvalue weighted by Crippen LogP contribution is -1.99. The van der Waals surface area contributed by atoms with Crippen molar-refractivity contribution < 1.29 is 0 Å². The Labute approximate surface area is 149 Å². The van der Waals surface area contributed by atoms with E-state index >= 15 is 0 Å². The van der Waals surface area contributed by atoms with E-state index in [2.05, 4.69) is 15.1 Å². The predicted octanol–water partition coefficient (Wildman–Crippen LogP) is 4.23. The molecule has 0 atom stereocenters. The number of nitrogens with zero attached hydrogens (tertiary/aromatic N) is 4. The van der Waals surface area contributed by atoms with Crippen molar-refractivity contribution in [3.05, 3.63) is 78.3 Å². The van der Waals surface area contributed by atoms with Crippen molar-refractivity contribution in [2.75, 3.05) is 5.73 Å². The van der Waals surface area contributed by atoms with Crippen LogP contribution in [0.15, 0.2) is 73.3 Å². The molecule has 0 amide bonds. The zero-order chi connectivity index (χ0) is 17.2. The number of nitrogens with two attached hydrogens (primary N) is 1. The molecule has 5 nitrogen and oxygen atoms in total. The van der Waals surface area contributed by atoms with Gasteiger partial charge in [0.25, 0.3) is 0 Å². The highest BCUT2D eigenvalue weighted by atomic mass is 35.5. The van der Waals surface area contributed by atoms with Crippen LogP contribution in [0.2, 0.25) is 5.02 Å². The van der Waals surface area contributed by atoms with Crippen LogP contribution < -0.4 is 5.73 Å². The second-order valence-electron chi connectivity index (χ2n) is 5.50. The van der Waals surface area contributed by atoms with Gasteiger partial charge >= 0.3 is 0 Å². The summed E-state index contributed by atoms with van der Waals surface area (Å²) in [5.74, 6) is 0.416. The number of anilines is 1. The molecule has 2 heterocycles. The lowest BCUT2D eigenvalue weighted by molar-refractivity contribution is 0.880. The molecule has 2 aromatic carbocycles. The van der Waals surface area contributed by atoms with Gasteiger partial charge in [0, 0.05) is 16.8 Å². The maximum Gasteiger partial charge on any atom is 0.135 e. The normalized spacial score (nSPS) is 10.8. The molecule has 0 bridgehead atoms. The fraction of sp³-hybridized carbons (Fsp3) is 0. The summed E-state index contributed by atoms with van der Waals surface area (Å²) < 4.78 is 1.80. The molecule has 0 aliphatic rings. The number of hydrogen-bond donors (Lipinski definition) is 1. The first-order valence-electron chi connectivity index (χ1n) is 7.69. The Morgan fingerprint density at radius 1 is 0.880 bits per heavy atom. The highest BCUT2D eigenvalue weighted by Crippen LogP contribution is 2.34. The zero-order valence-electron chi connectivity index (χ0n) is 13.2. The van der Waals surface area contributed by atoms with Gasteiger partial charge in [-0.3, -0.25) is 0 Å². The zero-order valence-corrected chi connectivity index (χ0v) is 13.9. The number of halogens is 1. The van der Waals surface area contributed by atoms with E-state index in [0.29, 0.717) is 10.8 Å². The Bertz CT molecular complexity index is 1010. The van der Waals surface area contributed by atoms with E-state index in [4.69, 9.17) is 17.3 Å². The molecule has 0 aliphatic carbocycles. The highest BCUT2D eigenvalue weighted by Gasteiger charge is 2.15. The molecule has 0 aliphatic heterocycles. The molecule has 0 radical (unpaired) electrons. The molecule has 6 heteroatoms. The standard InChI is InChI=1S/C19H14ClN5/c20-15-8-6-13(7-9-15)17-18(22-12-23-19(17)21)14-10-24-25(11-14)16-4-2-1-3-5-16/h1-12H,(H2,21,22,23). The van der Waals surface area contributed by atoms with Gasteiger partial charge < -0.3 is 5.73 Å². The molecular formula is C19H14ClN5. The molecule has 122 valence electrons.